The lowest BCUT2D eigenvalue weighted by Gasteiger charge is -2.36. The molecule has 0 aliphatic carbocycles. The number of rotatable bonds is 4. The van der Waals surface area contributed by atoms with Gasteiger partial charge in [0.25, 0.3) is 0 Å². The Bertz CT molecular complexity index is 754. The van der Waals surface area contributed by atoms with Crippen LogP contribution < -0.4 is 4.73 Å². The first-order valence-electron chi connectivity index (χ1n) is 8.08. The summed E-state index contributed by atoms with van der Waals surface area (Å²) in [6, 6.07) is 3.07. The van der Waals surface area contributed by atoms with Crippen LogP contribution in [-0.4, -0.2) is 28.0 Å². The van der Waals surface area contributed by atoms with Crippen molar-refractivity contribution < 1.29 is 24.6 Å². The molecule has 2 heterocycles. The molecular weight excluding hydrogens is 324 g/mol. The van der Waals surface area contributed by atoms with Gasteiger partial charge in [0.15, 0.2) is 17.5 Å². The lowest BCUT2D eigenvalue weighted by atomic mass is 9.81. The molecule has 136 valence electrons. The summed E-state index contributed by atoms with van der Waals surface area (Å²) in [5.74, 6) is -0.622. The van der Waals surface area contributed by atoms with Crippen LogP contribution in [0.2, 0.25) is 0 Å². The van der Waals surface area contributed by atoms with Gasteiger partial charge < -0.3 is 15.1 Å². The van der Waals surface area contributed by atoms with Crippen LogP contribution in [0.15, 0.2) is 41.4 Å². The van der Waals surface area contributed by atoms with Crippen LogP contribution in [0, 0.1) is 18.0 Å². The summed E-state index contributed by atoms with van der Waals surface area (Å²) >= 11 is 0. The van der Waals surface area contributed by atoms with Gasteiger partial charge in [0.1, 0.15) is 0 Å². The minimum absolute atomic E-state index is 0.115. The van der Waals surface area contributed by atoms with E-state index in [9.17, 15) is 20.3 Å². The first-order valence-corrected chi connectivity index (χ1v) is 8.08. The molecule has 1 unspecified atom stereocenters. The van der Waals surface area contributed by atoms with E-state index in [-0.39, 0.29) is 35.1 Å². The molecule has 1 aliphatic heterocycles. The van der Waals surface area contributed by atoms with E-state index < -0.39 is 11.6 Å². The van der Waals surface area contributed by atoms with Crippen molar-refractivity contribution in [1.82, 2.24) is 5.06 Å². The molecule has 7 heteroatoms. The lowest BCUT2D eigenvalue weighted by molar-refractivity contribution is -0.613. The van der Waals surface area contributed by atoms with Gasteiger partial charge in [-0.05, 0) is 31.9 Å². The fraction of sp³-hybridized carbons (Fsp3) is 0.444. The average molecular weight is 348 g/mol. The SMILES string of the molecule is CC1=CC(O)(c2ccc[n+]([O-])c2C)C(C(=O)OCC(C)C)=C(C)N1O. The van der Waals surface area contributed by atoms with E-state index in [4.69, 9.17) is 4.74 Å². The number of pyridine rings is 1. The van der Waals surface area contributed by atoms with E-state index in [0.717, 1.165) is 5.06 Å². The van der Waals surface area contributed by atoms with Crippen LogP contribution in [0.5, 0.6) is 0 Å². The van der Waals surface area contributed by atoms with Crippen molar-refractivity contribution in [3.05, 3.63) is 57.8 Å². The van der Waals surface area contributed by atoms with Crippen molar-refractivity contribution >= 4 is 5.97 Å². The van der Waals surface area contributed by atoms with Crippen LogP contribution in [0.3, 0.4) is 0 Å². The number of esters is 1. The van der Waals surface area contributed by atoms with Crippen LogP contribution in [0.4, 0.5) is 0 Å². The largest absolute Gasteiger partial charge is 0.619 e. The van der Waals surface area contributed by atoms with Gasteiger partial charge in [0.2, 0.25) is 0 Å². The second-order valence-corrected chi connectivity index (χ2v) is 6.65. The standard InChI is InChI=1S/C18H24N2O5/c1-11(2)10-25-17(21)16-14(5)20(24)12(3)9-18(16,22)15-7-6-8-19(23)13(15)4/h6-9,11,22,24H,10H2,1-5H3. The third kappa shape index (κ3) is 3.38. The maximum Gasteiger partial charge on any atom is 0.339 e. The van der Waals surface area contributed by atoms with Crippen LogP contribution >= 0.6 is 0 Å². The highest BCUT2D eigenvalue weighted by Gasteiger charge is 2.45. The number of hydroxylamine groups is 2. The molecule has 7 nitrogen and oxygen atoms in total. The van der Waals surface area contributed by atoms with Crippen molar-refractivity contribution in [3.63, 3.8) is 0 Å². The molecule has 0 radical (unpaired) electrons. The number of allylic oxidation sites excluding steroid dienone is 2. The van der Waals surface area contributed by atoms with Crippen molar-refractivity contribution in [2.75, 3.05) is 6.61 Å². The fourth-order valence-electron chi connectivity index (χ4n) is 2.88. The Morgan fingerprint density at radius 1 is 1.40 bits per heavy atom. The molecule has 2 N–H and O–H groups in total. The highest BCUT2D eigenvalue weighted by Crippen LogP contribution is 2.40. The number of ether oxygens (including phenoxy) is 1. The molecule has 1 aliphatic rings. The Hall–Kier alpha value is -2.38. The Morgan fingerprint density at radius 2 is 2.04 bits per heavy atom. The van der Waals surface area contributed by atoms with Gasteiger partial charge in [-0.25, -0.2) is 9.86 Å². The third-order valence-electron chi connectivity index (χ3n) is 4.18. The summed E-state index contributed by atoms with van der Waals surface area (Å²) in [4.78, 5) is 12.7. The van der Waals surface area contributed by atoms with Crippen LogP contribution in [0.25, 0.3) is 0 Å². The first-order chi connectivity index (χ1) is 11.6. The Labute approximate surface area is 147 Å². The summed E-state index contributed by atoms with van der Waals surface area (Å²) in [7, 11) is 0. The zero-order valence-corrected chi connectivity index (χ0v) is 15.1. The van der Waals surface area contributed by atoms with E-state index in [0.29, 0.717) is 10.4 Å². The highest BCUT2D eigenvalue weighted by molar-refractivity contribution is 5.93. The number of carbonyl (C=O) groups is 1. The molecule has 0 saturated heterocycles. The summed E-state index contributed by atoms with van der Waals surface area (Å²) in [5.41, 5.74) is -0.997. The molecule has 1 aromatic heterocycles. The number of hydrogen-bond acceptors (Lipinski definition) is 6. The minimum atomic E-state index is -1.88. The molecule has 0 saturated carbocycles. The van der Waals surface area contributed by atoms with E-state index in [1.807, 2.05) is 13.8 Å². The Morgan fingerprint density at radius 3 is 2.64 bits per heavy atom. The fourth-order valence-corrected chi connectivity index (χ4v) is 2.88. The topological polar surface area (TPSA) is 96.9 Å². The number of aromatic nitrogens is 1. The lowest BCUT2D eigenvalue weighted by Crippen LogP contribution is -2.42. The van der Waals surface area contributed by atoms with Crippen molar-refractivity contribution in [3.8, 4) is 0 Å². The molecule has 2 rings (SSSR count). The van der Waals surface area contributed by atoms with E-state index in [2.05, 4.69) is 0 Å². The Kier molecular flexibility index (Phi) is 5.20. The van der Waals surface area contributed by atoms with Gasteiger partial charge in [-0.2, -0.15) is 4.73 Å². The maximum atomic E-state index is 12.7. The molecule has 0 aromatic carbocycles. The van der Waals surface area contributed by atoms with E-state index >= 15 is 0 Å². The molecule has 0 amide bonds. The molecule has 1 aromatic rings. The molecule has 0 fully saturated rings. The molecule has 0 spiro atoms. The summed E-state index contributed by atoms with van der Waals surface area (Å²) < 4.78 is 5.89. The third-order valence-corrected chi connectivity index (χ3v) is 4.18. The smallest absolute Gasteiger partial charge is 0.339 e. The predicted molar refractivity (Wildman–Crippen MR) is 89.9 cm³/mol. The number of hydrogen-bond donors (Lipinski definition) is 2. The Balaban J connectivity index is 2.62. The van der Waals surface area contributed by atoms with Crippen molar-refractivity contribution in [2.45, 2.75) is 40.2 Å². The molecule has 1 atom stereocenters. The normalized spacial score (nSPS) is 20.8. The van der Waals surface area contributed by atoms with Gasteiger partial charge in [-0.3, -0.25) is 5.21 Å². The second-order valence-electron chi connectivity index (χ2n) is 6.65. The molecule has 0 bridgehead atoms. The van der Waals surface area contributed by atoms with Crippen molar-refractivity contribution in [1.29, 1.82) is 0 Å². The highest BCUT2D eigenvalue weighted by atomic mass is 16.5. The number of aliphatic hydroxyl groups is 1. The van der Waals surface area contributed by atoms with Gasteiger partial charge >= 0.3 is 5.97 Å². The first kappa shape index (κ1) is 19.0. The van der Waals surface area contributed by atoms with Gasteiger partial charge in [-0.15, -0.1) is 0 Å². The van der Waals surface area contributed by atoms with Crippen LogP contribution in [0.1, 0.15) is 39.0 Å². The second kappa shape index (κ2) is 6.85. The predicted octanol–water partition coefficient (Wildman–Crippen LogP) is 1.90. The maximum absolute atomic E-state index is 12.7. The summed E-state index contributed by atoms with van der Waals surface area (Å²) in [6.45, 7) is 8.62. The number of nitrogens with zero attached hydrogens (tertiary/aromatic N) is 2. The molecular formula is C18H24N2O5. The number of carbonyl (C=O) groups excluding carboxylic acids is 1. The van der Waals surface area contributed by atoms with Gasteiger partial charge in [0.05, 0.1) is 23.4 Å². The monoisotopic (exact) mass is 348 g/mol. The summed E-state index contributed by atoms with van der Waals surface area (Å²) in [6.07, 6.45) is 2.65. The van der Waals surface area contributed by atoms with E-state index in [1.165, 1.54) is 25.3 Å². The zero-order chi connectivity index (χ0) is 18.9. The van der Waals surface area contributed by atoms with Gasteiger partial charge in [0, 0.05) is 18.7 Å². The molecule has 25 heavy (non-hydrogen) atoms. The van der Waals surface area contributed by atoms with E-state index in [1.54, 1.807) is 19.9 Å². The summed E-state index contributed by atoms with van der Waals surface area (Å²) in [5, 5.41) is 34.3. The van der Waals surface area contributed by atoms with Crippen LogP contribution in [-0.2, 0) is 15.1 Å². The quantitative estimate of drug-likeness (QED) is 0.490. The van der Waals surface area contributed by atoms with Crippen molar-refractivity contribution in [2.24, 2.45) is 5.92 Å². The zero-order valence-electron chi connectivity index (χ0n) is 15.1. The minimum Gasteiger partial charge on any atom is -0.619 e. The van der Waals surface area contributed by atoms with Gasteiger partial charge in [-0.1, -0.05) is 13.8 Å². The average Bonchev–Trinajstić information content (AvgIpc) is 2.53.